The van der Waals surface area contributed by atoms with E-state index in [0.717, 1.165) is 38.9 Å². The molecule has 1 unspecified atom stereocenters. The number of halogens is 1. The average molecular weight is 349 g/mol. The number of benzene rings is 1. The lowest BCUT2D eigenvalue weighted by Gasteiger charge is -2.34. The zero-order valence-electron chi connectivity index (χ0n) is 15.9. The number of hydrogen-bond donors (Lipinski definition) is 2. The maximum atomic E-state index is 12.9. The topological polar surface area (TPSA) is 44.4 Å². The second-order valence-electron chi connectivity index (χ2n) is 8.12. The number of likely N-dealkylation sites (tertiary alicyclic amines) is 1. The minimum Gasteiger partial charge on any atom is -0.350 e. The minimum atomic E-state index is -0.198. The Kier molecular flexibility index (Phi) is 6.96. The molecule has 1 aromatic carbocycles. The van der Waals surface area contributed by atoms with Crippen LogP contribution < -0.4 is 10.6 Å². The molecule has 0 saturated carbocycles. The molecule has 4 nitrogen and oxygen atoms in total. The summed E-state index contributed by atoms with van der Waals surface area (Å²) in [5.74, 6) is -0.119. The molecular weight excluding hydrogens is 317 g/mol. The number of carbonyl (C=O) groups is 1. The number of carbonyl (C=O) groups excluding carboxylic acids is 1. The summed E-state index contributed by atoms with van der Waals surface area (Å²) >= 11 is 0. The molecule has 25 heavy (non-hydrogen) atoms. The molecule has 1 saturated heterocycles. The monoisotopic (exact) mass is 349 g/mol. The fourth-order valence-electron chi connectivity index (χ4n) is 3.17. The molecule has 0 aromatic heterocycles. The van der Waals surface area contributed by atoms with Gasteiger partial charge in [0.1, 0.15) is 5.82 Å². The molecule has 1 fully saturated rings. The predicted molar refractivity (Wildman–Crippen MR) is 100 cm³/mol. The highest BCUT2D eigenvalue weighted by Crippen LogP contribution is 2.13. The van der Waals surface area contributed by atoms with Gasteiger partial charge in [-0.15, -0.1) is 0 Å². The molecule has 1 aliphatic heterocycles. The van der Waals surface area contributed by atoms with Gasteiger partial charge in [-0.25, -0.2) is 4.39 Å². The van der Waals surface area contributed by atoms with Crippen molar-refractivity contribution in [2.45, 2.75) is 64.6 Å². The van der Waals surface area contributed by atoms with Crippen LogP contribution in [0.3, 0.4) is 0 Å². The molecule has 2 N–H and O–H groups in total. The van der Waals surface area contributed by atoms with E-state index < -0.39 is 0 Å². The summed E-state index contributed by atoms with van der Waals surface area (Å²) in [6.45, 7) is 11.0. The number of rotatable bonds is 6. The lowest BCUT2D eigenvalue weighted by molar-refractivity contribution is -0.124. The SMILES string of the molecule is CC(NC1CCN(CCc2ccc(F)cc2)CC1)C(=O)NC(C)(C)C. The largest absolute Gasteiger partial charge is 0.350 e. The molecule has 0 spiro atoms. The second kappa shape index (κ2) is 8.77. The van der Waals surface area contributed by atoms with Crippen LogP contribution in [-0.2, 0) is 11.2 Å². The molecule has 1 heterocycles. The van der Waals surface area contributed by atoms with Gasteiger partial charge in [0, 0.05) is 18.1 Å². The van der Waals surface area contributed by atoms with Crippen molar-refractivity contribution < 1.29 is 9.18 Å². The van der Waals surface area contributed by atoms with E-state index in [1.807, 2.05) is 39.8 Å². The summed E-state index contributed by atoms with van der Waals surface area (Å²) < 4.78 is 12.9. The van der Waals surface area contributed by atoms with E-state index in [0.29, 0.717) is 6.04 Å². The van der Waals surface area contributed by atoms with Crippen molar-refractivity contribution in [3.63, 3.8) is 0 Å². The highest BCUT2D eigenvalue weighted by molar-refractivity contribution is 5.81. The normalized spacial score (nSPS) is 18.1. The van der Waals surface area contributed by atoms with Crippen LogP contribution in [0.15, 0.2) is 24.3 Å². The number of piperidine rings is 1. The number of nitrogens with zero attached hydrogens (tertiary/aromatic N) is 1. The summed E-state index contributed by atoms with van der Waals surface area (Å²) in [7, 11) is 0. The van der Waals surface area contributed by atoms with Crippen LogP contribution in [0.4, 0.5) is 4.39 Å². The van der Waals surface area contributed by atoms with Crippen molar-refractivity contribution in [3.05, 3.63) is 35.6 Å². The Morgan fingerprint density at radius 3 is 2.40 bits per heavy atom. The fourth-order valence-corrected chi connectivity index (χ4v) is 3.17. The van der Waals surface area contributed by atoms with Crippen LogP contribution in [0.2, 0.25) is 0 Å². The number of amides is 1. The molecule has 140 valence electrons. The molecule has 0 radical (unpaired) electrons. The predicted octanol–water partition coefficient (Wildman–Crippen LogP) is 2.73. The Morgan fingerprint density at radius 1 is 1.24 bits per heavy atom. The molecule has 2 rings (SSSR count). The van der Waals surface area contributed by atoms with Crippen molar-refractivity contribution in [1.29, 1.82) is 0 Å². The Bertz CT molecular complexity index is 545. The van der Waals surface area contributed by atoms with Gasteiger partial charge in [-0.05, 0) is 77.7 Å². The van der Waals surface area contributed by atoms with Gasteiger partial charge in [0.05, 0.1) is 6.04 Å². The van der Waals surface area contributed by atoms with Gasteiger partial charge < -0.3 is 15.5 Å². The van der Waals surface area contributed by atoms with E-state index in [9.17, 15) is 9.18 Å². The van der Waals surface area contributed by atoms with Crippen molar-refractivity contribution in [2.24, 2.45) is 0 Å². The van der Waals surface area contributed by atoms with Crippen LogP contribution in [-0.4, -0.2) is 48.1 Å². The molecule has 1 amide bonds. The second-order valence-corrected chi connectivity index (χ2v) is 8.12. The van der Waals surface area contributed by atoms with Crippen molar-refractivity contribution in [3.8, 4) is 0 Å². The number of nitrogens with one attached hydrogen (secondary N) is 2. The first-order valence-corrected chi connectivity index (χ1v) is 9.28. The van der Waals surface area contributed by atoms with Gasteiger partial charge in [-0.2, -0.15) is 0 Å². The third kappa shape index (κ3) is 7.12. The molecular formula is C20H32FN3O. The molecule has 5 heteroatoms. The van der Waals surface area contributed by atoms with Gasteiger partial charge in [0.15, 0.2) is 0 Å². The van der Waals surface area contributed by atoms with E-state index >= 15 is 0 Å². The first-order chi connectivity index (χ1) is 11.7. The lowest BCUT2D eigenvalue weighted by Crippen LogP contribution is -2.53. The smallest absolute Gasteiger partial charge is 0.237 e. The van der Waals surface area contributed by atoms with Crippen LogP contribution >= 0.6 is 0 Å². The van der Waals surface area contributed by atoms with Gasteiger partial charge in [0.25, 0.3) is 0 Å². The maximum Gasteiger partial charge on any atom is 0.237 e. The zero-order chi connectivity index (χ0) is 18.4. The van der Waals surface area contributed by atoms with E-state index in [-0.39, 0.29) is 23.3 Å². The summed E-state index contributed by atoms with van der Waals surface area (Å²) in [5, 5.41) is 6.48. The Labute approximate surface area is 151 Å². The zero-order valence-corrected chi connectivity index (χ0v) is 15.9. The van der Waals surface area contributed by atoms with Gasteiger partial charge in [0.2, 0.25) is 5.91 Å². The molecule has 1 aromatic rings. The Balaban J connectivity index is 1.68. The summed E-state index contributed by atoms with van der Waals surface area (Å²) in [5.41, 5.74) is 0.977. The van der Waals surface area contributed by atoms with Crippen LogP contribution in [0.1, 0.15) is 46.1 Å². The summed E-state index contributed by atoms with van der Waals surface area (Å²) in [4.78, 5) is 14.6. The van der Waals surface area contributed by atoms with Gasteiger partial charge in [-0.1, -0.05) is 12.1 Å². The van der Waals surface area contributed by atoms with E-state index in [1.54, 1.807) is 0 Å². The number of hydrogen-bond acceptors (Lipinski definition) is 3. The average Bonchev–Trinajstić information content (AvgIpc) is 2.54. The van der Waals surface area contributed by atoms with Crippen molar-refractivity contribution in [1.82, 2.24) is 15.5 Å². The molecule has 1 atom stereocenters. The van der Waals surface area contributed by atoms with Crippen LogP contribution in [0, 0.1) is 5.82 Å². The molecule has 1 aliphatic rings. The van der Waals surface area contributed by atoms with E-state index in [2.05, 4.69) is 15.5 Å². The standard InChI is InChI=1S/C20H32FN3O/c1-15(19(25)23-20(2,3)4)22-18-10-13-24(14-11-18)12-9-16-5-7-17(21)8-6-16/h5-8,15,18,22H,9-14H2,1-4H3,(H,23,25). The van der Waals surface area contributed by atoms with Gasteiger partial charge in [-0.3, -0.25) is 4.79 Å². The molecule has 0 bridgehead atoms. The maximum absolute atomic E-state index is 12.9. The van der Waals surface area contributed by atoms with Crippen molar-refractivity contribution in [2.75, 3.05) is 19.6 Å². The quantitative estimate of drug-likeness (QED) is 0.830. The van der Waals surface area contributed by atoms with Crippen molar-refractivity contribution >= 4 is 5.91 Å². The Hall–Kier alpha value is -1.46. The summed E-state index contributed by atoms with van der Waals surface area (Å²) in [6, 6.07) is 6.99. The highest BCUT2D eigenvalue weighted by atomic mass is 19.1. The Morgan fingerprint density at radius 2 is 1.84 bits per heavy atom. The van der Waals surface area contributed by atoms with E-state index in [4.69, 9.17) is 0 Å². The first kappa shape index (κ1) is 19.9. The first-order valence-electron chi connectivity index (χ1n) is 9.28. The molecule has 0 aliphatic carbocycles. The highest BCUT2D eigenvalue weighted by Gasteiger charge is 2.24. The van der Waals surface area contributed by atoms with Crippen LogP contribution in [0.25, 0.3) is 0 Å². The third-order valence-corrected chi connectivity index (χ3v) is 4.59. The lowest BCUT2D eigenvalue weighted by atomic mass is 10.0. The minimum absolute atomic E-state index is 0.0613. The fraction of sp³-hybridized carbons (Fsp3) is 0.650. The summed E-state index contributed by atoms with van der Waals surface area (Å²) in [6.07, 6.45) is 3.05. The van der Waals surface area contributed by atoms with E-state index in [1.165, 1.54) is 17.7 Å². The van der Waals surface area contributed by atoms with Gasteiger partial charge >= 0.3 is 0 Å². The van der Waals surface area contributed by atoms with Crippen LogP contribution in [0.5, 0.6) is 0 Å². The third-order valence-electron chi connectivity index (χ3n) is 4.59.